The van der Waals surface area contributed by atoms with Gasteiger partial charge in [0.05, 0.1) is 12.3 Å². The third-order valence-corrected chi connectivity index (χ3v) is 3.47. The van der Waals surface area contributed by atoms with Gasteiger partial charge in [0.1, 0.15) is 0 Å². The Labute approximate surface area is 120 Å². The van der Waals surface area contributed by atoms with E-state index < -0.39 is 10.0 Å². The maximum Gasteiger partial charge on any atom is 0.210 e. The first-order valence-corrected chi connectivity index (χ1v) is 8.21. The molecular formula is C13H22N4O2S. The Kier molecular flexibility index (Phi) is 6.47. The molecule has 0 atom stereocenters. The summed E-state index contributed by atoms with van der Waals surface area (Å²) in [7, 11) is -3.45. The molecule has 0 heterocycles. The average Bonchev–Trinajstić information content (AvgIpc) is 2.36. The zero-order valence-electron chi connectivity index (χ0n) is 11.9. The molecule has 0 bridgehead atoms. The highest BCUT2D eigenvalue weighted by Crippen LogP contribution is 2.07. The predicted octanol–water partition coefficient (Wildman–Crippen LogP) is 0.339. The number of hydrogen-bond acceptors (Lipinski definition) is 3. The Balaban J connectivity index is 2.61. The van der Waals surface area contributed by atoms with Gasteiger partial charge >= 0.3 is 0 Å². The Morgan fingerprint density at radius 1 is 1.30 bits per heavy atom. The van der Waals surface area contributed by atoms with Gasteiger partial charge in [0.2, 0.25) is 10.0 Å². The lowest BCUT2D eigenvalue weighted by Crippen LogP contribution is -2.40. The van der Waals surface area contributed by atoms with E-state index in [9.17, 15) is 8.42 Å². The largest absolute Gasteiger partial charge is 0.357 e. The van der Waals surface area contributed by atoms with Crippen molar-refractivity contribution in [1.29, 1.82) is 0 Å². The predicted molar refractivity (Wildman–Crippen MR) is 82.0 cm³/mol. The van der Waals surface area contributed by atoms with E-state index in [0.717, 1.165) is 5.56 Å². The summed E-state index contributed by atoms with van der Waals surface area (Å²) in [4.78, 5) is 4.42. The second kappa shape index (κ2) is 7.86. The molecule has 4 N–H and O–H groups in total. The van der Waals surface area contributed by atoms with Crippen LogP contribution in [0.2, 0.25) is 0 Å². The van der Waals surface area contributed by atoms with Crippen LogP contribution in [0.25, 0.3) is 0 Å². The van der Waals surface area contributed by atoms with Crippen LogP contribution in [0.3, 0.4) is 0 Å². The molecule has 7 heteroatoms. The molecule has 0 fully saturated rings. The molecule has 1 aromatic rings. The molecule has 1 aromatic carbocycles. The second-order valence-electron chi connectivity index (χ2n) is 4.42. The number of primary sulfonamides is 1. The third-order valence-electron chi connectivity index (χ3n) is 2.69. The van der Waals surface area contributed by atoms with Crippen molar-refractivity contribution in [2.75, 3.05) is 18.8 Å². The number of guanidine groups is 1. The van der Waals surface area contributed by atoms with Gasteiger partial charge in [0.15, 0.2) is 5.96 Å². The lowest BCUT2D eigenvalue weighted by atomic mass is 10.1. The maximum absolute atomic E-state index is 10.9. The summed E-state index contributed by atoms with van der Waals surface area (Å²) in [6.07, 6.45) is 0. The summed E-state index contributed by atoms with van der Waals surface area (Å²) in [5.74, 6) is 0.460. The lowest BCUT2D eigenvalue weighted by molar-refractivity contribution is 0.596. The first-order valence-electron chi connectivity index (χ1n) is 6.49. The fourth-order valence-corrected chi connectivity index (χ4v) is 1.99. The first kappa shape index (κ1) is 16.5. The van der Waals surface area contributed by atoms with Crippen molar-refractivity contribution in [1.82, 2.24) is 10.6 Å². The monoisotopic (exact) mass is 298 g/mol. The highest BCUT2D eigenvalue weighted by atomic mass is 32.2. The van der Waals surface area contributed by atoms with Gasteiger partial charge in [0.25, 0.3) is 0 Å². The van der Waals surface area contributed by atoms with Crippen molar-refractivity contribution in [3.8, 4) is 0 Å². The van der Waals surface area contributed by atoms with E-state index >= 15 is 0 Å². The van der Waals surface area contributed by atoms with Crippen molar-refractivity contribution in [2.24, 2.45) is 10.1 Å². The van der Waals surface area contributed by atoms with E-state index in [1.165, 1.54) is 5.56 Å². The number of sulfonamides is 1. The van der Waals surface area contributed by atoms with Crippen LogP contribution < -0.4 is 15.8 Å². The number of nitrogens with two attached hydrogens (primary N) is 1. The van der Waals surface area contributed by atoms with Crippen LogP contribution in [0, 0.1) is 6.92 Å². The molecule has 0 saturated heterocycles. The number of benzene rings is 1. The summed E-state index contributed by atoms with van der Waals surface area (Å²) in [6.45, 7) is 5.46. The van der Waals surface area contributed by atoms with Crippen molar-refractivity contribution in [3.63, 3.8) is 0 Å². The van der Waals surface area contributed by atoms with Gasteiger partial charge in [0, 0.05) is 13.1 Å². The molecule has 0 saturated carbocycles. The fourth-order valence-electron chi connectivity index (χ4n) is 1.61. The smallest absolute Gasteiger partial charge is 0.210 e. The molecule has 0 aliphatic heterocycles. The van der Waals surface area contributed by atoms with Crippen LogP contribution in [0.5, 0.6) is 0 Å². The molecule has 0 aromatic heterocycles. The first-order chi connectivity index (χ1) is 9.42. The van der Waals surface area contributed by atoms with Crippen molar-refractivity contribution < 1.29 is 8.42 Å². The van der Waals surface area contributed by atoms with E-state index in [0.29, 0.717) is 19.0 Å². The van der Waals surface area contributed by atoms with Crippen LogP contribution in [-0.4, -0.2) is 33.2 Å². The van der Waals surface area contributed by atoms with Gasteiger partial charge < -0.3 is 10.6 Å². The van der Waals surface area contributed by atoms with Gasteiger partial charge in [-0.2, -0.15) is 0 Å². The number of aryl methyl sites for hydroxylation is 1. The highest BCUT2D eigenvalue weighted by Gasteiger charge is 2.03. The van der Waals surface area contributed by atoms with Crippen LogP contribution in [0.4, 0.5) is 0 Å². The number of hydrogen-bond donors (Lipinski definition) is 3. The van der Waals surface area contributed by atoms with E-state index in [1.54, 1.807) is 0 Å². The van der Waals surface area contributed by atoms with Gasteiger partial charge in [-0.3, -0.25) is 0 Å². The minimum absolute atomic E-state index is 0.123. The standard InChI is InChI=1S/C13H22N4O2S/c1-3-15-13(16-8-9-20(14,18)19)17-10-12-7-5-4-6-11(12)2/h4-7H,3,8-10H2,1-2H3,(H2,14,18,19)(H2,15,16,17). The summed E-state index contributed by atoms with van der Waals surface area (Å²) in [5, 5.41) is 11.0. The zero-order chi connectivity index (χ0) is 15.0. The van der Waals surface area contributed by atoms with Gasteiger partial charge in [-0.05, 0) is 25.0 Å². The Morgan fingerprint density at radius 2 is 2.00 bits per heavy atom. The van der Waals surface area contributed by atoms with Gasteiger partial charge in [-0.25, -0.2) is 18.5 Å². The SMILES string of the molecule is CCNC(=NCc1ccccc1C)NCCS(N)(=O)=O. The molecule has 0 amide bonds. The minimum atomic E-state index is -3.45. The molecule has 0 unspecified atom stereocenters. The molecule has 1 rings (SSSR count). The quantitative estimate of drug-likeness (QED) is 0.521. The topological polar surface area (TPSA) is 96.6 Å². The fraction of sp³-hybridized carbons (Fsp3) is 0.462. The summed E-state index contributed by atoms with van der Waals surface area (Å²) < 4.78 is 21.7. The lowest BCUT2D eigenvalue weighted by Gasteiger charge is -2.11. The van der Waals surface area contributed by atoms with Crippen LogP contribution in [0.1, 0.15) is 18.1 Å². The molecule has 20 heavy (non-hydrogen) atoms. The van der Waals surface area contributed by atoms with Crippen molar-refractivity contribution in [3.05, 3.63) is 35.4 Å². The Hall–Kier alpha value is -1.60. The summed E-state index contributed by atoms with van der Waals surface area (Å²) in [6, 6.07) is 8.01. The van der Waals surface area contributed by atoms with Gasteiger partial charge in [-0.1, -0.05) is 24.3 Å². The van der Waals surface area contributed by atoms with Crippen LogP contribution in [-0.2, 0) is 16.6 Å². The van der Waals surface area contributed by atoms with Crippen molar-refractivity contribution in [2.45, 2.75) is 20.4 Å². The van der Waals surface area contributed by atoms with E-state index in [1.807, 2.05) is 38.1 Å². The van der Waals surface area contributed by atoms with Crippen LogP contribution in [0.15, 0.2) is 29.3 Å². The van der Waals surface area contributed by atoms with E-state index in [-0.39, 0.29) is 12.3 Å². The van der Waals surface area contributed by atoms with Gasteiger partial charge in [-0.15, -0.1) is 0 Å². The number of nitrogens with one attached hydrogen (secondary N) is 2. The normalized spacial score (nSPS) is 12.2. The molecule has 0 radical (unpaired) electrons. The average molecular weight is 298 g/mol. The van der Waals surface area contributed by atoms with E-state index in [4.69, 9.17) is 5.14 Å². The third kappa shape index (κ3) is 6.53. The maximum atomic E-state index is 10.9. The number of nitrogens with zero attached hydrogens (tertiary/aromatic N) is 1. The molecule has 0 aliphatic rings. The van der Waals surface area contributed by atoms with Crippen LogP contribution >= 0.6 is 0 Å². The Morgan fingerprint density at radius 3 is 2.60 bits per heavy atom. The number of rotatable bonds is 6. The molecule has 112 valence electrons. The zero-order valence-corrected chi connectivity index (χ0v) is 12.7. The molecule has 0 aliphatic carbocycles. The second-order valence-corrected chi connectivity index (χ2v) is 6.15. The Bertz CT molecular complexity index is 555. The molecular weight excluding hydrogens is 276 g/mol. The van der Waals surface area contributed by atoms with E-state index in [2.05, 4.69) is 15.6 Å². The highest BCUT2D eigenvalue weighted by molar-refractivity contribution is 7.89. The summed E-state index contributed by atoms with van der Waals surface area (Å²) >= 11 is 0. The molecule has 0 spiro atoms. The summed E-state index contributed by atoms with van der Waals surface area (Å²) in [5.41, 5.74) is 2.31. The van der Waals surface area contributed by atoms with Crippen molar-refractivity contribution >= 4 is 16.0 Å². The molecule has 6 nitrogen and oxygen atoms in total. The number of aliphatic imine (C=N–C) groups is 1. The minimum Gasteiger partial charge on any atom is -0.357 e.